The first-order valence-corrected chi connectivity index (χ1v) is 11.4. The molecule has 158 valence electrons. The summed E-state index contributed by atoms with van der Waals surface area (Å²) < 4.78 is 33.6. The van der Waals surface area contributed by atoms with Gasteiger partial charge in [-0.05, 0) is 55.5 Å². The molecule has 0 aliphatic carbocycles. The van der Waals surface area contributed by atoms with Crippen LogP contribution in [0.25, 0.3) is 11.0 Å². The fraction of sp³-hybridized carbons (Fsp3) is 0.0455. The lowest BCUT2D eigenvalue weighted by Crippen LogP contribution is -2.14. The summed E-state index contributed by atoms with van der Waals surface area (Å²) >= 11 is 12.2. The molecule has 0 saturated heterocycles. The average Bonchev–Trinajstić information content (AvgIpc) is 3.05. The fourth-order valence-corrected chi connectivity index (χ4v) is 4.58. The number of anilines is 2. The van der Waals surface area contributed by atoms with E-state index in [1.165, 1.54) is 36.4 Å². The van der Waals surface area contributed by atoms with Gasteiger partial charge in [-0.25, -0.2) is 8.42 Å². The van der Waals surface area contributed by atoms with E-state index in [0.717, 1.165) is 0 Å². The van der Waals surface area contributed by atoms with Crippen LogP contribution in [-0.4, -0.2) is 14.3 Å². The van der Waals surface area contributed by atoms with Crippen molar-refractivity contribution in [1.29, 1.82) is 0 Å². The molecule has 31 heavy (non-hydrogen) atoms. The summed E-state index contributed by atoms with van der Waals surface area (Å²) in [6, 6.07) is 17.7. The summed E-state index contributed by atoms with van der Waals surface area (Å²) in [5, 5.41) is 3.79. The third-order valence-electron chi connectivity index (χ3n) is 4.56. The molecule has 0 unspecified atom stereocenters. The Morgan fingerprint density at radius 3 is 2.29 bits per heavy atom. The highest BCUT2D eigenvalue weighted by Gasteiger charge is 2.22. The third-order valence-corrected chi connectivity index (χ3v) is 6.48. The Balaban J connectivity index is 1.73. The predicted octanol–water partition coefficient (Wildman–Crippen LogP) is 6.10. The van der Waals surface area contributed by atoms with Crippen molar-refractivity contribution in [2.45, 2.75) is 11.8 Å². The van der Waals surface area contributed by atoms with Crippen LogP contribution in [-0.2, 0) is 10.0 Å². The highest BCUT2D eigenvalue weighted by atomic mass is 35.5. The lowest BCUT2D eigenvalue weighted by molar-refractivity contribution is 0.102. The first kappa shape index (κ1) is 21.2. The summed E-state index contributed by atoms with van der Waals surface area (Å²) in [6.07, 6.45) is 0. The van der Waals surface area contributed by atoms with Crippen LogP contribution in [0.15, 0.2) is 76.0 Å². The first-order valence-electron chi connectivity index (χ1n) is 9.12. The number of rotatable bonds is 5. The molecule has 3 aromatic carbocycles. The molecular formula is C22H16Cl2N2O4S. The number of hydrogen-bond donors (Lipinski definition) is 2. The lowest BCUT2D eigenvalue weighted by atomic mass is 10.1. The molecule has 0 saturated carbocycles. The summed E-state index contributed by atoms with van der Waals surface area (Å²) in [5.74, 6) is -0.0285. The minimum Gasteiger partial charge on any atom is -0.459 e. The second-order valence-corrected chi connectivity index (χ2v) is 9.27. The highest BCUT2D eigenvalue weighted by Crippen LogP contribution is 2.35. The van der Waals surface area contributed by atoms with Gasteiger partial charge in [-0.3, -0.25) is 9.52 Å². The normalized spacial score (nSPS) is 11.5. The van der Waals surface area contributed by atoms with Crippen LogP contribution in [0.5, 0.6) is 0 Å². The van der Waals surface area contributed by atoms with Gasteiger partial charge in [0.15, 0.2) is 5.58 Å². The van der Waals surface area contributed by atoms with E-state index in [9.17, 15) is 13.2 Å². The molecule has 0 spiro atoms. The van der Waals surface area contributed by atoms with Gasteiger partial charge >= 0.3 is 0 Å². The van der Waals surface area contributed by atoms with Crippen molar-refractivity contribution in [2.24, 2.45) is 0 Å². The Bertz CT molecular complexity index is 1380. The molecule has 0 aliphatic rings. The van der Waals surface area contributed by atoms with Crippen molar-refractivity contribution in [1.82, 2.24) is 0 Å². The summed E-state index contributed by atoms with van der Waals surface area (Å²) in [4.78, 5) is 12.9. The topological polar surface area (TPSA) is 88.4 Å². The molecule has 0 fully saturated rings. The Kier molecular flexibility index (Phi) is 5.66. The van der Waals surface area contributed by atoms with Crippen LogP contribution in [0.2, 0.25) is 10.0 Å². The molecule has 2 N–H and O–H groups in total. The largest absolute Gasteiger partial charge is 0.459 e. The zero-order chi connectivity index (χ0) is 22.2. The fourth-order valence-electron chi connectivity index (χ4n) is 3.16. The Morgan fingerprint density at radius 1 is 0.935 bits per heavy atom. The van der Waals surface area contributed by atoms with Crippen LogP contribution in [0.4, 0.5) is 11.4 Å². The van der Waals surface area contributed by atoms with E-state index in [2.05, 4.69) is 10.0 Å². The van der Waals surface area contributed by atoms with E-state index < -0.39 is 15.9 Å². The molecule has 4 rings (SSSR count). The summed E-state index contributed by atoms with van der Waals surface area (Å²) in [7, 11) is -3.89. The predicted molar refractivity (Wildman–Crippen MR) is 123 cm³/mol. The standard InChI is InChI=1S/C22H16Cl2N2O4S/c1-13-20(22(27)25-15-5-3-2-4-6-15)18-11-16(12-19(24)21(18)30-13)26-31(28,29)17-9-7-14(23)8-10-17/h2-12,26H,1H3,(H,25,27). The Labute approximate surface area is 188 Å². The van der Waals surface area contributed by atoms with Crippen molar-refractivity contribution in [3.05, 3.63) is 88.1 Å². The van der Waals surface area contributed by atoms with E-state index >= 15 is 0 Å². The van der Waals surface area contributed by atoms with Crippen molar-refractivity contribution in [2.75, 3.05) is 10.0 Å². The molecule has 0 aliphatic heterocycles. The molecule has 4 aromatic rings. The van der Waals surface area contributed by atoms with Crippen molar-refractivity contribution < 1.29 is 17.6 Å². The van der Waals surface area contributed by atoms with Crippen molar-refractivity contribution in [3.63, 3.8) is 0 Å². The van der Waals surface area contributed by atoms with Crippen LogP contribution in [0.3, 0.4) is 0 Å². The minimum atomic E-state index is -3.89. The maximum Gasteiger partial charge on any atom is 0.261 e. The molecule has 1 aromatic heterocycles. The van der Waals surface area contributed by atoms with Gasteiger partial charge in [-0.1, -0.05) is 41.4 Å². The van der Waals surface area contributed by atoms with Crippen LogP contribution >= 0.6 is 23.2 Å². The number of fused-ring (bicyclic) bond motifs is 1. The molecule has 0 bridgehead atoms. The number of carbonyl (C=O) groups excluding carboxylic acids is 1. The quantitative estimate of drug-likeness (QED) is 0.365. The Morgan fingerprint density at radius 2 is 1.61 bits per heavy atom. The minimum absolute atomic E-state index is 0.0403. The SMILES string of the molecule is Cc1oc2c(Cl)cc(NS(=O)(=O)c3ccc(Cl)cc3)cc2c1C(=O)Nc1ccccc1. The first-order chi connectivity index (χ1) is 14.7. The molecule has 0 radical (unpaired) electrons. The second kappa shape index (κ2) is 8.26. The van der Waals surface area contributed by atoms with Gasteiger partial charge in [-0.15, -0.1) is 0 Å². The highest BCUT2D eigenvalue weighted by molar-refractivity contribution is 7.92. The maximum atomic E-state index is 12.9. The number of furan rings is 1. The molecule has 9 heteroatoms. The molecular weight excluding hydrogens is 459 g/mol. The van der Waals surface area contributed by atoms with Gasteiger partial charge in [0, 0.05) is 16.1 Å². The molecule has 6 nitrogen and oxygen atoms in total. The zero-order valence-corrected chi connectivity index (χ0v) is 18.5. The van der Waals surface area contributed by atoms with Gasteiger partial charge in [0.1, 0.15) is 5.76 Å². The molecule has 0 atom stereocenters. The van der Waals surface area contributed by atoms with E-state index in [-0.39, 0.29) is 21.2 Å². The monoisotopic (exact) mass is 474 g/mol. The van der Waals surface area contributed by atoms with Crippen LogP contribution in [0.1, 0.15) is 16.1 Å². The van der Waals surface area contributed by atoms with Gasteiger partial charge in [0.05, 0.1) is 21.2 Å². The number of hydrogen-bond acceptors (Lipinski definition) is 4. The van der Waals surface area contributed by atoms with E-state index in [1.54, 1.807) is 31.2 Å². The van der Waals surface area contributed by atoms with Gasteiger partial charge in [0.25, 0.3) is 15.9 Å². The number of nitrogens with one attached hydrogen (secondary N) is 2. The van der Waals surface area contributed by atoms with Gasteiger partial charge in [-0.2, -0.15) is 0 Å². The number of carbonyl (C=O) groups is 1. The van der Waals surface area contributed by atoms with Crippen molar-refractivity contribution in [3.8, 4) is 0 Å². The zero-order valence-electron chi connectivity index (χ0n) is 16.1. The summed E-state index contributed by atoms with van der Waals surface area (Å²) in [6.45, 7) is 1.65. The smallest absolute Gasteiger partial charge is 0.261 e. The average molecular weight is 475 g/mol. The number of halogens is 2. The van der Waals surface area contributed by atoms with E-state index in [1.807, 2.05) is 6.07 Å². The van der Waals surface area contributed by atoms with Crippen molar-refractivity contribution >= 4 is 61.5 Å². The number of sulfonamides is 1. The number of para-hydroxylation sites is 1. The Hall–Kier alpha value is -3.00. The summed E-state index contributed by atoms with van der Waals surface area (Å²) in [5.41, 5.74) is 1.38. The number of amides is 1. The molecule has 1 amide bonds. The third kappa shape index (κ3) is 4.39. The number of aryl methyl sites for hydroxylation is 1. The second-order valence-electron chi connectivity index (χ2n) is 6.75. The molecule has 1 heterocycles. The van der Waals surface area contributed by atoms with E-state index in [0.29, 0.717) is 27.4 Å². The van der Waals surface area contributed by atoms with Gasteiger partial charge in [0.2, 0.25) is 0 Å². The van der Waals surface area contributed by atoms with Crippen LogP contribution < -0.4 is 10.0 Å². The maximum absolute atomic E-state index is 12.9. The number of benzene rings is 3. The van der Waals surface area contributed by atoms with E-state index in [4.69, 9.17) is 27.6 Å². The van der Waals surface area contributed by atoms with Crippen LogP contribution in [0, 0.1) is 6.92 Å². The lowest BCUT2D eigenvalue weighted by Gasteiger charge is -2.09. The van der Waals surface area contributed by atoms with Gasteiger partial charge < -0.3 is 9.73 Å².